The third-order valence-corrected chi connectivity index (χ3v) is 6.87. The number of imidazole rings is 1. The van der Waals surface area contributed by atoms with E-state index in [1.54, 1.807) is 10.9 Å². The van der Waals surface area contributed by atoms with Gasteiger partial charge in [-0.25, -0.2) is 14.6 Å². The number of aromatic nitrogens is 5. The van der Waals surface area contributed by atoms with Crippen molar-refractivity contribution in [2.24, 2.45) is 0 Å². The fourth-order valence-electron chi connectivity index (χ4n) is 4.89. The molecule has 0 aliphatic carbocycles. The SMILES string of the molecule is Cc1ccc2nc(C3CCN(C(=O)c4cnn(-c5ccc6ccccc6n5)c4C)CC3)[nH]c2c1. The van der Waals surface area contributed by atoms with Crippen LogP contribution in [0.4, 0.5) is 0 Å². The van der Waals surface area contributed by atoms with Crippen LogP contribution in [0.25, 0.3) is 27.8 Å². The summed E-state index contributed by atoms with van der Waals surface area (Å²) in [6.45, 7) is 5.43. The van der Waals surface area contributed by atoms with Gasteiger partial charge in [0.15, 0.2) is 5.82 Å². The Balaban J connectivity index is 1.18. The summed E-state index contributed by atoms with van der Waals surface area (Å²) in [5, 5.41) is 5.57. The van der Waals surface area contributed by atoms with Gasteiger partial charge < -0.3 is 9.88 Å². The molecule has 0 bridgehead atoms. The minimum Gasteiger partial charge on any atom is -0.342 e. The second kappa shape index (κ2) is 8.09. The molecule has 1 amide bonds. The molecule has 5 aromatic rings. The van der Waals surface area contributed by atoms with Crippen LogP contribution in [0.1, 0.15) is 46.2 Å². The first-order chi connectivity index (χ1) is 16.6. The molecule has 1 aliphatic heterocycles. The smallest absolute Gasteiger partial charge is 0.257 e. The van der Waals surface area contributed by atoms with Crippen molar-refractivity contribution in [2.45, 2.75) is 32.6 Å². The Kier molecular flexibility index (Phi) is 4.90. The van der Waals surface area contributed by atoms with Crippen molar-refractivity contribution in [1.82, 2.24) is 29.6 Å². The van der Waals surface area contributed by atoms with E-state index in [1.807, 2.05) is 48.2 Å². The summed E-state index contributed by atoms with van der Waals surface area (Å²) in [6.07, 6.45) is 3.45. The van der Waals surface area contributed by atoms with E-state index in [2.05, 4.69) is 35.2 Å². The molecule has 7 nitrogen and oxygen atoms in total. The topological polar surface area (TPSA) is 79.7 Å². The summed E-state index contributed by atoms with van der Waals surface area (Å²) in [6, 6.07) is 18.2. The van der Waals surface area contributed by atoms with Crippen molar-refractivity contribution < 1.29 is 4.79 Å². The number of likely N-dealkylation sites (tertiary alicyclic amines) is 1. The number of para-hydroxylation sites is 1. The predicted octanol–water partition coefficient (Wildman–Crippen LogP) is 4.93. The van der Waals surface area contributed by atoms with Crippen LogP contribution in [0, 0.1) is 13.8 Å². The van der Waals surface area contributed by atoms with Crippen LogP contribution in [0.5, 0.6) is 0 Å². The molecule has 1 fully saturated rings. The van der Waals surface area contributed by atoms with Gasteiger partial charge in [0.1, 0.15) is 5.82 Å². The van der Waals surface area contributed by atoms with Gasteiger partial charge in [0.2, 0.25) is 0 Å². The van der Waals surface area contributed by atoms with E-state index in [0.29, 0.717) is 30.4 Å². The molecule has 1 saturated heterocycles. The van der Waals surface area contributed by atoms with E-state index in [-0.39, 0.29) is 5.91 Å². The van der Waals surface area contributed by atoms with E-state index < -0.39 is 0 Å². The molecule has 2 aromatic carbocycles. The van der Waals surface area contributed by atoms with Crippen LogP contribution in [-0.4, -0.2) is 48.6 Å². The van der Waals surface area contributed by atoms with Gasteiger partial charge in [0.05, 0.1) is 34.0 Å². The van der Waals surface area contributed by atoms with Crippen LogP contribution in [-0.2, 0) is 0 Å². The van der Waals surface area contributed by atoms with Crippen molar-refractivity contribution in [2.75, 3.05) is 13.1 Å². The highest BCUT2D eigenvalue weighted by Gasteiger charge is 2.28. The highest BCUT2D eigenvalue weighted by atomic mass is 16.2. The lowest BCUT2D eigenvalue weighted by Crippen LogP contribution is -2.38. The number of H-pyrrole nitrogens is 1. The molecule has 7 heteroatoms. The fraction of sp³-hybridized carbons (Fsp3) is 0.259. The normalized spacial score (nSPS) is 14.8. The Morgan fingerprint density at radius 2 is 1.79 bits per heavy atom. The van der Waals surface area contributed by atoms with Crippen molar-refractivity contribution in [3.8, 4) is 5.82 Å². The number of nitrogens with zero attached hydrogens (tertiary/aromatic N) is 5. The van der Waals surface area contributed by atoms with E-state index in [1.165, 1.54) is 5.56 Å². The number of aromatic amines is 1. The number of amides is 1. The van der Waals surface area contributed by atoms with Gasteiger partial charge in [0, 0.05) is 24.4 Å². The second-order valence-electron chi connectivity index (χ2n) is 9.13. The van der Waals surface area contributed by atoms with Gasteiger partial charge >= 0.3 is 0 Å². The maximum atomic E-state index is 13.3. The zero-order valence-electron chi connectivity index (χ0n) is 19.3. The van der Waals surface area contributed by atoms with Crippen molar-refractivity contribution in [3.63, 3.8) is 0 Å². The van der Waals surface area contributed by atoms with Crippen molar-refractivity contribution in [1.29, 1.82) is 0 Å². The number of hydrogen-bond acceptors (Lipinski definition) is 4. The van der Waals surface area contributed by atoms with E-state index in [4.69, 9.17) is 9.97 Å². The summed E-state index contributed by atoms with van der Waals surface area (Å²) in [7, 11) is 0. The number of carbonyl (C=O) groups is 1. The number of nitrogens with one attached hydrogen (secondary N) is 1. The average Bonchev–Trinajstić information content (AvgIpc) is 3.46. The van der Waals surface area contributed by atoms with Crippen LogP contribution in [0.2, 0.25) is 0 Å². The molecule has 0 radical (unpaired) electrons. The number of rotatable bonds is 3. The molecule has 0 atom stereocenters. The number of fused-ring (bicyclic) bond motifs is 2. The van der Waals surface area contributed by atoms with Gasteiger partial charge in [-0.2, -0.15) is 5.10 Å². The standard InChI is InChI=1S/C27H26N6O/c1-17-7-9-23-24(15-17)31-26(30-23)20-11-13-32(14-12-20)27(34)21-16-28-33(18(21)2)25-10-8-19-5-3-4-6-22(19)29-25/h3-10,15-16,20H,11-14H2,1-2H3,(H,30,31). The molecular weight excluding hydrogens is 424 g/mol. The predicted molar refractivity (Wildman–Crippen MR) is 132 cm³/mol. The van der Waals surface area contributed by atoms with Crippen LogP contribution >= 0.6 is 0 Å². The Morgan fingerprint density at radius 3 is 2.65 bits per heavy atom. The quantitative estimate of drug-likeness (QED) is 0.423. The third-order valence-electron chi connectivity index (χ3n) is 6.87. The van der Waals surface area contributed by atoms with Gasteiger partial charge in [-0.15, -0.1) is 0 Å². The molecule has 3 aromatic heterocycles. The Bertz CT molecular complexity index is 1520. The first-order valence-corrected chi connectivity index (χ1v) is 11.7. The highest BCUT2D eigenvalue weighted by molar-refractivity contribution is 5.95. The maximum Gasteiger partial charge on any atom is 0.257 e. The highest BCUT2D eigenvalue weighted by Crippen LogP contribution is 2.29. The van der Waals surface area contributed by atoms with Gasteiger partial charge in [-0.1, -0.05) is 24.3 Å². The van der Waals surface area contributed by atoms with Gasteiger partial charge in [-0.05, 0) is 62.6 Å². The molecule has 1 N–H and O–H groups in total. The molecule has 4 heterocycles. The van der Waals surface area contributed by atoms with E-state index >= 15 is 0 Å². The van der Waals surface area contributed by atoms with Crippen LogP contribution in [0.3, 0.4) is 0 Å². The fourth-order valence-corrected chi connectivity index (χ4v) is 4.89. The zero-order chi connectivity index (χ0) is 23.2. The average molecular weight is 451 g/mol. The lowest BCUT2D eigenvalue weighted by molar-refractivity contribution is 0.0710. The van der Waals surface area contributed by atoms with Crippen LogP contribution in [0.15, 0.2) is 60.8 Å². The minimum atomic E-state index is 0.0308. The largest absolute Gasteiger partial charge is 0.342 e. The first-order valence-electron chi connectivity index (χ1n) is 11.7. The molecule has 0 unspecified atom stereocenters. The molecular formula is C27H26N6O. The Morgan fingerprint density at radius 1 is 0.971 bits per heavy atom. The van der Waals surface area contributed by atoms with Crippen molar-refractivity contribution >= 4 is 27.8 Å². The Hall–Kier alpha value is -4.00. The van der Waals surface area contributed by atoms with Gasteiger partial charge in [-0.3, -0.25) is 4.79 Å². The molecule has 170 valence electrons. The molecule has 6 rings (SSSR count). The van der Waals surface area contributed by atoms with E-state index in [9.17, 15) is 4.79 Å². The molecule has 34 heavy (non-hydrogen) atoms. The zero-order valence-corrected chi connectivity index (χ0v) is 19.3. The number of benzene rings is 2. The number of aryl methyl sites for hydroxylation is 1. The summed E-state index contributed by atoms with van der Waals surface area (Å²) in [5.41, 5.74) is 5.65. The van der Waals surface area contributed by atoms with Crippen LogP contribution < -0.4 is 0 Å². The number of hydrogen-bond donors (Lipinski definition) is 1. The first kappa shape index (κ1) is 20.6. The van der Waals surface area contributed by atoms with Gasteiger partial charge in [0.25, 0.3) is 5.91 Å². The Labute approximate surface area is 197 Å². The second-order valence-corrected chi connectivity index (χ2v) is 9.13. The maximum absolute atomic E-state index is 13.3. The summed E-state index contributed by atoms with van der Waals surface area (Å²) >= 11 is 0. The number of pyridine rings is 1. The number of carbonyl (C=O) groups excluding carboxylic acids is 1. The molecule has 1 aliphatic rings. The van der Waals surface area contributed by atoms with Crippen molar-refractivity contribution in [3.05, 3.63) is 83.4 Å². The molecule has 0 spiro atoms. The third kappa shape index (κ3) is 3.53. The summed E-state index contributed by atoms with van der Waals surface area (Å²) in [5.74, 6) is 2.11. The molecule has 0 saturated carbocycles. The summed E-state index contributed by atoms with van der Waals surface area (Å²) < 4.78 is 1.75. The minimum absolute atomic E-state index is 0.0308. The van der Waals surface area contributed by atoms with E-state index in [0.717, 1.165) is 46.3 Å². The lowest BCUT2D eigenvalue weighted by atomic mass is 9.95. The lowest BCUT2D eigenvalue weighted by Gasteiger charge is -2.31. The summed E-state index contributed by atoms with van der Waals surface area (Å²) in [4.78, 5) is 28.3. The number of piperidine rings is 1. The monoisotopic (exact) mass is 450 g/mol.